The topological polar surface area (TPSA) is 81.3 Å². The summed E-state index contributed by atoms with van der Waals surface area (Å²) in [6.45, 7) is 1.81. The normalized spacial score (nSPS) is 11.4. The van der Waals surface area contributed by atoms with Crippen LogP contribution >= 0.6 is 0 Å². The molecule has 0 saturated carbocycles. The number of hydrogen-bond donors (Lipinski definition) is 1. The Morgan fingerprint density at radius 2 is 1.67 bits per heavy atom. The Morgan fingerprint density at radius 3 is 2.50 bits per heavy atom. The third-order valence-corrected chi connectivity index (χ3v) is 5.27. The minimum Gasteiger partial charge on any atom is -0.324 e. The van der Waals surface area contributed by atoms with Gasteiger partial charge in [0.1, 0.15) is 12.4 Å². The number of carbonyl (C=O) groups excluding carboxylic acids is 1. The van der Waals surface area contributed by atoms with Crippen LogP contribution in [0.4, 0.5) is 5.69 Å². The number of benzene rings is 3. The van der Waals surface area contributed by atoms with Crippen molar-refractivity contribution in [1.82, 2.24) is 19.2 Å². The molecule has 1 N–H and O–H groups in total. The van der Waals surface area contributed by atoms with Gasteiger partial charge in [-0.25, -0.2) is 9.20 Å². The number of nitrogens with zero attached hydrogens (tertiary/aromatic N) is 4. The molecule has 0 aliphatic rings. The van der Waals surface area contributed by atoms with Gasteiger partial charge in [0.25, 0.3) is 0 Å². The Hall–Kier alpha value is -4.00. The van der Waals surface area contributed by atoms with Crippen LogP contribution < -0.4 is 11.0 Å². The number of para-hydroxylation sites is 1. The molecule has 0 unspecified atom stereocenters. The third-order valence-electron chi connectivity index (χ3n) is 5.27. The van der Waals surface area contributed by atoms with E-state index < -0.39 is 0 Å². The van der Waals surface area contributed by atoms with Gasteiger partial charge in [0.2, 0.25) is 5.91 Å². The van der Waals surface area contributed by atoms with E-state index in [4.69, 9.17) is 0 Å². The Labute approximate surface area is 171 Å². The van der Waals surface area contributed by atoms with Crippen molar-refractivity contribution in [3.63, 3.8) is 0 Å². The number of aromatic nitrogens is 4. The van der Waals surface area contributed by atoms with Crippen LogP contribution in [0.1, 0.15) is 12.7 Å². The zero-order valence-electron chi connectivity index (χ0n) is 16.4. The number of hydrogen-bond acceptors (Lipinski definition) is 4. The molecule has 5 aromatic rings. The van der Waals surface area contributed by atoms with Crippen LogP contribution in [0.15, 0.2) is 71.5 Å². The molecule has 2 aromatic heterocycles. The number of carbonyl (C=O) groups is 1. The molecular formula is C23H19N5O2. The second-order valence-electron chi connectivity index (χ2n) is 7.09. The van der Waals surface area contributed by atoms with Gasteiger partial charge in [0.05, 0.1) is 5.52 Å². The highest BCUT2D eigenvalue weighted by Crippen LogP contribution is 2.23. The molecule has 0 aliphatic heterocycles. The molecule has 7 nitrogen and oxygen atoms in total. The van der Waals surface area contributed by atoms with Crippen LogP contribution in [0, 0.1) is 0 Å². The van der Waals surface area contributed by atoms with Crippen LogP contribution in [0.2, 0.25) is 0 Å². The summed E-state index contributed by atoms with van der Waals surface area (Å²) in [6, 6.07) is 21.0. The summed E-state index contributed by atoms with van der Waals surface area (Å²) in [7, 11) is 0. The number of rotatable bonds is 4. The maximum absolute atomic E-state index is 13.2. The summed E-state index contributed by atoms with van der Waals surface area (Å²) in [5, 5.41) is 14.1. The van der Waals surface area contributed by atoms with Gasteiger partial charge < -0.3 is 5.32 Å². The summed E-state index contributed by atoms with van der Waals surface area (Å²) < 4.78 is 2.97. The average Bonchev–Trinajstić information content (AvgIpc) is 3.21. The van der Waals surface area contributed by atoms with Crippen LogP contribution in [0.3, 0.4) is 0 Å². The second kappa shape index (κ2) is 7.11. The highest BCUT2D eigenvalue weighted by Gasteiger charge is 2.17. The number of fused-ring (bicyclic) bond motifs is 4. The van der Waals surface area contributed by atoms with E-state index >= 15 is 0 Å². The van der Waals surface area contributed by atoms with E-state index in [0.29, 0.717) is 23.4 Å². The zero-order valence-corrected chi connectivity index (χ0v) is 16.4. The van der Waals surface area contributed by atoms with Gasteiger partial charge in [-0.2, -0.15) is 0 Å². The fraction of sp³-hybridized carbons (Fsp3) is 0.130. The summed E-state index contributed by atoms with van der Waals surface area (Å²) in [4.78, 5) is 26.2. The highest BCUT2D eigenvalue weighted by atomic mass is 16.2. The number of amides is 1. The summed E-state index contributed by atoms with van der Waals surface area (Å²) in [5.74, 6) is 0.299. The van der Waals surface area contributed by atoms with E-state index in [1.807, 2.05) is 73.7 Å². The van der Waals surface area contributed by atoms with Crippen LogP contribution in [0.5, 0.6) is 0 Å². The lowest BCUT2D eigenvalue weighted by molar-refractivity contribution is -0.116. The number of anilines is 1. The Bertz CT molecular complexity index is 1480. The predicted octanol–water partition coefficient (Wildman–Crippen LogP) is 3.40. The number of nitrogens with one attached hydrogen (secondary N) is 1. The molecule has 0 atom stereocenters. The Balaban J connectivity index is 1.60. The fourth-order valence-electron chi connectivity index (χ4n) is 3.86. The highest BCUT2D eigenvalue weighted by molar-refractivity contribution is 6.02. The summed E-state index contributed by atoms with van der Waals surface area (Å²) in [6.07, 6.45) is 0.566. The predicted molar refractivity (Wildman–Crippen MR) is 117 cm³/mol. The summed E-state index contributed by atoms with van der Waals surface area (Å²) >= 11 is 0. The average molecular weight is 397 g/mol. The molecule has 0 fully saturated rings. The molecule has 1 amide bonds. The van der Waals surface area contributed by atoms with Gasteiger partial charge in [-0.1, -0.05) is 55.5 Å². The zero-order chi connectivity index (χ0) is 20.7. The van der Waals surface area contributed by atoms with Gasteiger partial charge in [-0.05, 0) is 23.6 Å². The van der Waals surface area contributed by atoms with Gasteiger partial charge in [0, 0.05) is 22.9 Å². The van der Waals surface area contributed by atoms with Crippen molar-refractivity contribution in [2.45, 2.75) is 19.9 Å². The van der Waals surface area contributed by atoms with Crippen LogP contribution in [0.25, 0.3) is 27.3 Å². The van der Waals surface area contributed by atoms with Crippen molar-refractivity contribution in [3.05, 3.63) is 83.0 Å². The third kappa shape index (κ3) is 2.83. The molecular weight excluding hydrogens is 378 g/mol. The van der Waals surface area contributed by atoms with Crippen molar-refractivity contribution >= 4 is 38.9 Å². The first kappa shape index (κ1) is 18.1. The van der Waals surface area contributed by atoms with E-state index in [1.165, 1.54) is 8.97 Å². The van der Waals surface area contributed by atoms with E-state index in [-0.39, 0.29) is 18.1 Å². The minimum absolute atomic E-state index is 0.111. The van der Waals surface area contributed by atoms with Crippen molar-refractivity contribution in [2.24, 2.45) is 0 Å². The van der Waals surface area contributed by atoms with Crippen molar-refractivity contribution in [1.29, 1.82) is 0 Å². The molecule has 2 heterocycles. The maximum Gasteiger partial charge on any atom is 0.336 e. The lowest BCUT2D eigenvalue weighted by Crippen LogP contribution is -2.32. The van der Waals surface area contributed by atoms with Gasteiger partial charge >= 0.3 is 5.69 Å². The van der Waals surface area contributed by atoms with E-state index in [0.717, 1.165) is 21.8 Å². The molecule has 0 spiro atoms. The standard InChI is InChI=1S/C23H19N5O2/c1-2-20-25-26-22-17-11-5-6-13-19(17)27(23(30)28(20)22)14-21(29)24-18-12-7-9-15-8-3-4-10-16(15)18/h3-13H,2,14H2,1H3,(H,24,29). The van der Waals surface area contributed by atoms with E-state index in [2.05, 4.69) is 15.5 Å². The first-order valence-electron chi connectivity index (χ1n) is 9.80. The molecule has 0 bridgehead atoms. The summed E-state index contributed by atoms with van der Waals surface area (Å²) in [5.41, 5.74) is 1.56. The molecule has 30 heavy (non-hydrogen) atoms. The first-order chi connectivity index (χ1) is 14.7. The quantitative estimate of drug-likeness (QED) is 0.504. The van der Waals surface area contributed by atoms with Gasteiger partial charge in [0.15, 0.2) is 5.65 Å². The van der Waals surface area contributed by atoms with Gasteiger partial charge in [-0.3, -0.25) is 9.36 Å². The molecule has 0 saturated heterocycles. The van der Waals surface area contributed by atoms with Gasteiger partial charge in [-0.15, -0.1) is 10.2 Å². The molecule has 0 radical (unpaired) electrons. The largest absolute Gasteiger partial charge is 0.336 e. The van der Waals surface area contributed by atoms with Crippen molar-refractivity contribution < 1.29 is 4.79 Å². The van der Waals surface area contributed by atoms with Crippen molar-refractivity contribution in [3.8, 4) is 0 Å². The molecule has 3 aromatic carbocycles. The monoisotopic (exact) mass is 397 g/mol. The molecule has 7 heteroatoms. The lowest BCUT2D eigenvalue weighted by Gasteiger charge is -2.13. The Kier molecular flexibility index (Phi) is 4.28. The SMILES string of the molecule is CCc1nnc2c3ccccc3n(CC(=O)Nc3cccc4ccccc34)c(=O)n12. The van der Waals surface area contributed by atoms with E-state index in [9.17, 15) is 9.59 Å². The molecule has 148 valence electrons. The second-order valence-corrected chi connectivity index (χ2v) is 7.09. The lowest BCUT2D eigenvalue weighted by atomic mass is 10.1. The maximum atomic E-state index is 13.2. The smallest absolute Gasteiger partial charge is 0.324 e. The first-order valence-corrected chi connectivity index (χ1v) is 9.80. The fourth-order valence-corrected chi connectivity index (χ4v) is 3.86. The molecule has 0 aliphatic carbocycles. The van der Waals surface area contributed by atoms with Crippen LogP contribution in [-0.2, 0) is 17.8 Å². The minimum atomic E-state index is -0.321. The van der Waals surface area contributed by atoms with Crippen LogP contribution in [-0.4, -0.2) is 25.1 Å². The van der Waals surface area contributed by atoms with E-state index in [1.54, 1.807) is 0 Å². The number of aryl methyl sites for hydroxylation is 1. The molecule has 5 rings (SSSR count). The Morgan fingerprint density at radius 1 is 0.933 bits per heavy atom. The van der Waals surface area contributed by atoms with Crippen molar-refractivity contribution in [2.75, 3.05) is 5.32 Å².